The SMILES string of the molecule is CC(C)(C)C1CCCC1C(C)(C)C.CC(C)(C)CN1CCCCC1.CC(C)(C)[N+](=O)[O-].CC(C)(C)c1ccc(C(C)(C)C)c(O)c1.CC(C)(C)c1ccc(C(C)(C)C)cc1.CC(C)(C)c1ccc(C(C)(C)C)cc1.COC(C)(C)C. The molecule has 1 heterocycles. The standard InChI is InChI=1S/C14H22O.2C14H22.C13H26.C10H21N.C5H12O.C4H9NO2/c1-13(2,3)10-7-8-11(12(15)9-10)14(4,5)6;2*1-13(2,3)11-7-9-12(10-8-11)14(4,5)6;1-12(2,3)10-8-7-9-11(10)13(4,5)6;1-10(2,3)9-11-7-5-4-6-8-11;1-5(2,3)6-4;1-4(2,3)5(6)7/h7-9,15H,1-6H3;2*7-10H,1-6H3;10-11H,7-9H2,1-6H3;4-9H2,1-3H3;1-4H3;1-3H3. The van der Waals surface area contributed by atoms with Crippen molar-refractivity contribution in [2.24, 2.45) is 28.1 Å². The molecule has 6 heteroatoms. The fourth-order valence-corrected chi connectivity index (χ4v) is 9.39. The number of rotatable bonds is 1. The third-order valence-corrected chi connectivity index (χ3v) is 15.0. The van der Waals surface area contributed by atoms with Crippen LogP contribution in [0.1, 0.15) is 300 Å². The summed E-state index contributed by atoms with van der Waals surface area (Å²) in [6.07, 6.45) is 8.62. The summed E-state index contributed by atoms with van der Waals surface area (Å²) in [5.41, 5.74) is 9.71. The van der Waals surface area contributed by atoms with Gasteiger partial charge in [0.05, 0.1) is 5.60 Å². The van der Waals surface area contributed by atoms with Gasteiger partial charge in [-0.25, -0.2) is 0 Å². The Balaban J connectivity index is 0. The Morgan fingerprint density at radius 2 is 0.713 bits per heavy atom. The predicted molar refractivity (Wildman–Crippen MR) is 356 cm³/mol. The zero-order chi connectivity index (χ0) is 63.7. The molecule has 0 spiro atoms. The van der Waals surface area contributed by atoms with Crippen LogP contribution in [0, 0.1) is 38.2 Å². The summed E-state index contributed by atoms with van der Waals surface area (Å²) in [5.74, 6) is 2.29. The number of hydrogen-bond donors (Lipinski definition) is 1. The van der Waals surface area contributed by atoms with Gasteiger partial charge >= 0.3 is 0 Å². The molecule has 1 saturated carbocycles. The van der Waals surface area contributed by atoms with Crippen molar-refractivity contribution in [3.63, 3.8) is 0 Å². The van der Waals surface area contributed by atoms with Crippen LogP contribution in [0.25, 0.3) is 0 Å². The average Bonchev–Trinajstić information content (AvgIpc) is 3.78. The Hall–Kier alpha value is -3.22. The molecule has 1 aliphatic heterocycles. The largest absolute Gasteiger partial charge is 0.508 e. The first-order chi connectivity index (χ1) is 35.4. The van der Waals surface area contributed by atoms with Crippen LogP contribution in [-0.4, -0.2) is 52.8 Å². The first-order valence-corrected chi connectivity index (χ1v) is 30.8. The van der Waals surface area contributed by atoms with Gasteiger partial charge in [-0.1, -0.05) is 260 Å². The summed E-state index contributed by atoms with van der Waals surface area (Å²) in [6, 6.07) is 24.0. The van der Waals surface area contributed by atoms with E-state index in [0.29, 0.717) is 22.0 Å². The topological polar surface area (TPSA) is 75.8 Å². The number of nitro groups is 1. The number of piperidine rings is 1. The molecule has 80 heavy (non-hydrogen) atoms. The van der Waals surface area contributed by atoms with Crippen LogP contribution in [-0.2, 0) is 37.2 Å². The average molecular weight is 1120 g/mol. The smallest absolute Gasteiger partial charge is 0.214 e. The Morgan fingerprint density at radius 1 is 0.450 bits per heavy atom. The molecule has 2 aliphatic rings. The summed E-state index contributed by atoms with van der Waals surface area (Å²) >= 11 is 0. The van der Waals surface area contributed by atoms with Gasteiger partial charge in [0.1, 0.15) is 5.75 Å². The molecule has 0 radical (unpaired) electrons. The van der Waals surface area contributed by atoms with Crippen LogP contribution in [0.15, 0.2) is 66.7 Å². The lowest BCUT2D eigenvalue weighted by molar-refractivity contribution is -0.555. The Kier molecular flexibility index (Phi) is 30.6. The van der Waals surface area contributed by atoms with Crippen molar-refractivity contribution in [1.29, 1.82) is 0 Å². The summed E-state index contributed by atoms with van der Waals surface area (Å²) in [4.78, 5) is 12.1. The highest BCUT2D eigenvalue weighted by molar-refractivity contribution is 5.42. The molecule has 2 fully saturated rings. The molecule has 3 aromatic rings. The first kappa shape index (κ1) is 78.8. The van der Waals surface area contributed by atoms with Crippen LogP contribution < -0.4 is 0 Å². The monoisotopic (exact) mass is 1120 g/mol. The van der Waals surface area contributed by atoms with E-state index in [2.05, 4.69) is 246 Å². The quantitative estimate of drug-likeness (QED) is 0.194. The highest BCUT2D eigenvalue weighted by Gasteiger charge is 2.41. The van der Waals surface area contributed by atoms with E-state index in [4.69, 9.17) is 4.74 Å². The summed E-state index contributed by atoms with van der Waals surface area (Å²) < 4.78 is 4.94. The number of ether oxygens (including phenoxy) is 1. The zero-order valence-electron chi connectivity index (χ0n) is 59.4. The van der Waals surface area contributed by atoms with Gasteiger partial charge in [0.25, 0.3) is 0 Å². The summed E-state index contributed by atoms with van der Waals surface area (Å²) in [6.45, 7) is 75.8. The molecule has 6 nitrogen and oxygen atoms in total. The minimum atomic E-state index is -0.778. The van der Waals surface area contributed by atoms with Gasteiger partial charge in [0.15, 0.2) is 0 Å². The molecule has 5 rings (SSSR count). The van der Waals surface area contributed by atoms with Crippen molar-refractivity contribution < 1.29 is 14.8 Å². The van der Waals surface area contributed by atoms with Gasteiger partial charge in [-0.2, -0.15) is 0 Å². The van der Waals surface area contributed by atoms with Gasteiger partial charge in [0.2, 0.25) is 5.54 Å². The third-order valence-electron chi connectivity index (χ3n) is 15.0. The van der Waals surface area contributed by atoms with Crippen molar-refractivity contribution in [3.8, 4) is 5.75 Å². The number of aromatic hydroxyl groups is 1. The van der Waals surface area contributed by atoms with Crippen molar-refractivity contribution in [1.82, 2.24) is 4.90 Å². The van der Waals surface area contributed by atoms with Crippen LogP contribution in [0.3, 0.4) is 0 Å². The molecule has 1 N–H and O–H groups in total. The van der Waals surface area contributed by atoms with Crippen LogP contribution >= 0.6 is 0 Å². The van der Waals surface area contributed by atoms with E-state index in [1.807, 2.05) is 32.9 Å². The maximum Gasteiger partial charge on any atom is 0.214 e. The minimum absolute atomic E-state index is 0.000494. The van der Waals surface area contributed by atoms with Crippen molar-refractivity contribution >= 4 is 0 Å². The van der Waals surface area contributed by atoms with E-state index < -0.39 is 5.54 Å². The van der Waals surface area contributed by atoms with E-state index in [-0.39, 0.29) is 43.0 Å². The molecular formula is C74H134N2O4. The number of phenolic OH excluding ortho intramolecular Hbond substituents is 1. The number of phenols is 1. The molecule has 0 amide bonds. The fourth-order valence-electron chi connectivity index (χ4n) is 9.39. The Morgan fingerprint density at radius 3 is 0.900 bits per heavy atom. The summed E-state index contributed by atoms with van der Waals surface area (Å²) in [7, 11) is 1.71. The van der Waals surface area contributed by atoms with Gasteiger partial charge in [-0.15, -0.1) is 0 Å². The van der Waals surface area contributed by atoms with Crippen LogP contribution in [0.4, 0.5) is 0 Å². The number of hydrogen-bond acceptors (Lipinski definition) is 5. The van der Waals surface area contributed by atoms with Gasteiger partial charge < -0.3 is 14.7 Å². The number of methoxy groups -OCH3 is 1. The molecule has 0 bridgehead atoms. The maximum atomic E-state index is 9.99. The lowest BCUT2D eigenvalue weighted by Gasteiger charge is -2.39. The van der Waals surface area contributed by atoms with Crippen molar-refractivity contribution in [3.05, 3.63) is 110 Å². The van der Waals surface area contributed by atoms with E-state index in [0.717, 1.165) is 17.4 Å². The second-order valence-electron chi connectivity index (χ2n) is 34.9. The van der Waals surface area contributed by atoms with E-state index in [1.165, 1.54) is 86.0 Å². The van der Waals surface area contributed by atoms with Crippen molar-refractivity contribution in [2.45, 2.75) is 311 Å². The highest BCUT2D eigenvalue weighted by Crippen LogP contribution is 2.50. The second kappa shape index (κ2) is 31.1. The predicted octanol–water partition coefficient (Wildman–Crippen LogP) is 22.1. The van der Waals surface area contributed by atoms with Gasteiger partial charge in [-0.3, -0.25) is 10.1 Å². The molecule has 2 atom stereocenters. The number of nitrogens with zero attached hydrogens (tertiary/aromatic N) is 2. The maximum absolute atomic E-state index is 9.99. The molecule has 2 unspecified atom stereocenters. The molecule has 0 aromatic heterocycles. The second-order valence-corrected chi connectivity index (χ2v) is 34.9. The number of likely N-dealkylation sites (tertiary alicyclic amines) is 1. The Bertz CT molecular complexity index is 2010. The summed E-state index contributed by atoms with van der Waals surface area (Å²) in [5, 5.41) is 19.8. The Labute approximate surface area is 498 Å². The van der Waals surface area contributed by atoms with Gasteiger partial charge in [0, 0.05) is 39.3 Å². The molecule has 464 valence electrons. The third kappa shape index (κ3) is 33.8. The van der Waals surface area contributed by atoms with E-state index >= 15 is 0 Å². The molecular weight excluding hydrogens is 981 g/mol. The van der Waals surface area contributed by atoms with E-state index in [9.17, 15) is 15.2 Å². The van der Waals surface area contributed by atoms with Crippen LogP contribution in [0.5, 0.6) is 5.75 Å². The molecule has 3 aromatic carbocycles. The minimum Gasteiger partial charge on any atom is -0.508 e. The fraction of sp³-hybridized carbons (Fsp3) is 0.757. The molecule has 1 saturated heterocycles. The van der Waals surface area contributed by atoms with Gasteiger partial charge in [-0.05, 0) is 160 Å². The first-order valence-electron chi connectivity index (χ1n) is 30.8. The van der Waals surface area contributed by atoms with Crippen LogP contribution in [0.2, 0.25) is 0 Å². The van der Waals surface area contributed by atoms with E-state index in [1.54, 1.807) is 27.9 Å². The lowest BCUT2D eigenvalue weighted by atomic mass is 9.66. The number of benzene rings is 3. The molecule has 1 aliphatic carbocycles. The highest BCUT2D eigenvalue weighted by atomic mass is 16.6. The zero-order valence-corrected chi connectivity index (χ0v) is 59.4. The normalized spacial score (nSPS) is 16.9. The van der Waals surface area contributed by atoms with Crippen molar-refractivity contribution in [2.75, 3.05) is 26.7 Å². The lowest BCUT2D eigenvalue weighted by Crippen LogP contribution is -2.36.